The Kier molecular flexibility index (Phi) is 4.58. The van der Waals surface area contributed by atoms with Crippen molar-refractivity contribution < 1.29 is 14.6 Å². The van der Waals surface area contributed by atoms with Crippen LogP contribution in [0, 0.1) is 6.92 Å². The number of aliphatic hydroxyl groups is 1. The molecule has 0 aliphatic rings. The molecule has 0 aliphatic carbocycles. The quantitative estimate of drug-likeness (QED) is 0.909. The summed E-state index contributed by atoms with van der Waals surface area (Å²) in [5, 5.41) is 9.57. The Labute approximate surface area is 119 Å². The Balaban J connectivity index is 2.13. The Bertz CT molecular complexity index is 582. The highest BCUT2D eigenvalue weighted by Crippen LogP contribution is 2.30. The molecule has 1 heterocycles. The molecule has 1 atom stereocenters. The standard InChI is InChI=1S/C16H19NO3/c1-11-6-13(9-17-8-11)10-20-15-5-4-14(12(2)18)7-16(15)19-3/h4-9,12,18H,10H2,1-3H3/t12-/m0/s1. The van der Waals surface area contributed by atoms with Crippen LogP contribution in [0.5, 0.6) is 11.5 Å². The van der Waals surface area contributed by atoms with Crippen LogP contribution in [0.25, 0.3) is 0 Å². The molecule has 1 aromatic carbocycles. The summed E-state index contributed by atoms with van der Waals surface area (Å²) >= 11 is 0. The Morgan fingerprint density at radius 1 is 1.20 bits per heavy atom. The molecule has 4 heteroatoms. The zero-order chi connectivity index (χ0) is 14.5. The smallest absolute Gasteiger partial charge is 0.161 e. The molecule has 0 fully saturated rings. The summed E-state index contributed by atoms with van der Waals surface area (Å²) in [4.78, 5) is 4.13. The second kappa shape index (κ2) is 6.39. The summed E-state index contributed by atoms with van der Waals surface area (Å²) in [6, 6.07) is 7.46. The Morgan fingerprint density at radius 2 is 2.00 bits per heavy atom. The van der Waals surface area contributed by atoms with Crippen LogP contribution in [0.15, 0.2) is 36.7 Å². The number of methoxy groups -OCH3 is 1. The third-order valence-electron chi connectivity index (χ3n) is 3.00. The van der Waals surface area contributed by atoms with Crippen molar-refractivity contribution in [2.24, 2.45) is 0 Å². The summed E-state index contributed by atoms with van der Waals surface area (Å²) in [6.07, 6.45) is 3.06. The molecule has 0 bridgehead atoms. The van der Waals surface area contributed by atoms with E-state index in [2.05, 4.69) is 4.98 Å². The van der Waals surface area contributed by atoms with Gasteiger partial charge in [-0.1, -0.05) is 6.07 Å². The van der Waals surface area contributed by atoms with Crippen molar-refractivity contribution in [1.82, 2.24) is 4.98 Å². The van der Waals surface area contributed by atoms with Crippen molar-refractivity contribution in [3.8, 4) is 11.5 Å². The van der Waals surface area contributed by atoms with Gasteiger partial charge in [-0.25, -0.2) is 0 Å². The van der Waals surface area contributed by atoms with Crippen molar-refractivity contribution in [2.75, 3.05) is 7.11 Å². The SMILES string of the molecule is COc1cc([C@H](C)O)ccc1OCc1cncc(C)c1. The van der Waals surface area contributed by atoms with E-state index < -0.39 is 6.10 Å². The predicted molar refractivity (Wildman–Crippen MR) is 76.9 cm³/mol. The van der Waals surface area contributed by atoms with Gasteiger partial charge < -0.3 is 14.6 Å². The molecule has 2 rings (SSSR count). The highest BCUT2D eigenvalue weighted by Gasteiger charge is 2.09. The van der Waals surface area contributed by atoms with Crippen LogP contribution in [0.1, 0.15) is 29.7 Å². The molecular formula is C16H19NO3. The molecule has 2 aromatic rings. The maximum atomic E-state index is 9.57. The van der Waals surface area contributed by atoms with E-state index in [4.69, 9.17) is 9.47 Å². The average molecular weight is 273 g/mol. The number of hydrogen-bond acceptors (Lipinski definition) is 4. The van der Waals surface area contributed by atoms with E-state index in [1.165, 1.54) is 0 Å². The van der Waals surface area contributed by atoms with Gasteiger partial charge in [0.15, 0.2) is 11.5 Å². The van der Waals surface area contributed by atoms with Gasteiger partial charge in [0.2, 0.25) is 0 Å². The summed E-state index contributed by atoms with van der Waals surface area (Å²) < 4.78 is 11.1. The third kappa shape index (κ3) is 3.48. The van der Waals surface area contributed by atoms with Gasteiger partial charge in [-0.2, -0.15) is 0 Å². The molecule has 1 N–H and O–H groups in total. The first-order valence-corrected chi connectivity index (χ1v) is 6.49. The molecule has 0 amide bonds. The Hall–Kier alpha value is -2.07. The minimum Gasteiger partial charge on any atom is -0.493 e. The van der Waals surface area contributed by atoms with Crippen LogP contribution >= 0.6 is 0 Å². The molecule has 1 aromatic heterocycles. The first kappa shape index (κ1) is 14.3. The summed E-state index contributed by atoms with van der Waals surface area (Å²) in [6.45, 7) is 4.14. The van der Waals surface area contributed by atoms with E-state index in [9.17, 15) is 5.11 Å². The molecule has 0 unspecified atom stereocenters. The molecule has 0 aliphatic heterocycles. The van der Waals surface area contributed by atoms with Gasteiger partial charge in [0.25, 0.3) is 0 Å². The van der Waals surface area contributed by atoms with Gasteiger partial charge in [0.1, 0.15) is 6.61 Å². The van der Waals surface area contributed by atoms with Crippen molar-refractivity contribution in [1.29, 1.82) is 0 Å². The first-order chi connectivity index (χ1) is 9.60. The summed E-state index contributed by atoms with van der Waals surface area (Å²) in [5.41, 5.74) is 2.90. The fourth-order valence-corrected chi connectivity index (χ4v) is 1.92. The van der Waals surface area contributed by atoms with Gasteiger partial charge in [-0.3, -0.25) is 4.98 Å². The van der Waals surface area contributed by atoms with Gasteiger partial charge in [0.05, 0.1) is 13.2 Å². The monoisotopic (exact) mass is 273 g/mol. The second-order valence-electron chi connectivity index (χ2n) is 4.75. The molecular weight excluding hydrogens is 254 g/mol. The topological polar surface area (TPSA) is 51.6 Å². The number of aromatic nitrogens is 1. The second-order valence-corrected chi connectivity index (χ2v) is 4.75. The van der Waals surface area contributed by atoms with Crippen molar-refractivity contribution in [3.05, 3.63) is 53.3 Å². The van der Waals surface area contributed by atoms with Gasteiger partial charge in [0, 0.05) is 18.0 Å². The van der Waals surface area contributed by atoms with Gasteiger partial charge >= 0.3 is 0 Å². The highest BCUT2D eigenvalue weighted by atomic mass is 16.5. The van der Waals surface area contributed by atoms with Crippen LogP contribution in [-0.4, -0.2) is 17.2 Å². The molecule has 0 saturated heterocycles. The van der Waals surface area contributed by atoms with Crippen molar-refractivity contribution >= 4 is 0 Å². The van der Waals surface area contributed by atoms with Crippen molar-refractivity contribution in [2.45, 2.75) is 26.6 Å². The molecule has 0 spiro atoms. The summed E-state index contributed by atoms with van der Waals surface area (Å²) in [7, 11) is 1.59. The number of pyridine rings is 1. The van der Waals surface area contributed by atoms with Crippen LogP contribution in [0.2, 0.25) is 0 Å². The largest absolute Gasteiger partial charge is 0.493 e. The fraction of sp³-hybridized carbons (Fsp3) is 0.312. The normalized spacial score (nSPS) is 12.0. The lowest BCUT2D eigenvalue weighted by molar-refractivity contribution is 0.198. The van der Waals surface area contributed by atoms with E-state index in [-0.39, 0.29) is 0 Å². The van der Waals surface area contributed by atoms with E-state index in [0.29, 0.717) is 18.1 Å². The zero-order valence-electron chi connectivity index (χ0n) is 12.0. The molecule has 0 saturated carbocycles. The number of hydrogen-bond donors (Lipinski definition) is 1. The number of benzene rings is 1. The third-order valence-corrected chi connectivity index (χ3v) is 3.00. The van der Waals surface area contributed by atoms with Gasteiger partial charge in [-0.15, -0.1) is 0 Å². The molecule has 0 radical (unpaired) electrons. The van der Waals surface area contributed by atoms with Crippen LogP contribution < -0.4 is 9.47 Å². The van der Waals surface area contributed by atoms with Crippen LogP contribution in [-0.2, 0) is 6.61 Å². The number of aliphatic hydroxyl groups excluding tert-OH is 1. The van der Waals surface area contributed by atoms with Crippen LogP contribution in [0.3, 0.4) is 0 Å². The fourth-order valence-electron chi connectivity index (χ4n) is 1.92. The number of aryl methyl sites for hydroxylation is 1. The lowest BCUT2D eigenvalue weighted by atomic mass is 10.1. The Morgan fingerprint density at radius 3 is 2.65 bits per heavy atom. The van der Waals surface area contributed by atoms with E-state index >= 15 is 0 Å². The number of rotatable bonds is 5. The van der Waals surface area contributed by atoms with Crippen molar-refractivity contribution in [3.63, 3.8) is 0 Å². The highest BCUT2D eigenvalue weighted by molar-refractivity contribution is 5.43. The number of nitrogens with zero attached hydrogens (tertiary/aromatic N) is 1. The minimum atomic E-state index is -0.529. The van der Waals surface area contributed by atoms with Gasteiger partial charge in [-0.05, 0) is 43.2 Å². The molecule has 4 nitrogen and oxygen atoms in total. The van der Waals surface area contributed by atoms with E-state index in [0.717, 1.165) is 16.7 Å². The minimum absolute atomic E-state index is 0.430. The lowest BCUT2D eigenvalue weighted by Gasteiger charge is -2.13. The van der Waals surface area contributed by atoms with E-state index in [1.54, 1.807) is 26.3 Å². The maximum absolute atomic E-state index is 9.57. The molecule has 20 heavy (non-hydrogen) atoms. The lowest BCUT2D eigenvalue weighted by Crippen LogP contribution is -2.00. The first-order valence-electron chi connectivity index (χ1n) is 6.49. The van der Waals surface area contributed by atoms with E-state index in [1.807, 2.05) is 31.3 Å². The number of ether oxygens (including phenoxy) is 2. The summed E-state index contributed by atoms with van der Waals surface area (Å²) in [5.74, 6) is 1.27. The average Bonchev–Trinajstić information content (AvgIpc) is 2.45. The maximum Gasteiger partial charge on any atom is 0.161 e. The zero-order valence-corrected chi connectivity index (χ0v) is 12.0. The predicted octanol–water partition coefficient (Wildman–Crippen LogP) is 3.03. The van der Waals surface area contributed by atoms with Crippen LogP contribution in [0.4, 0.5) is 0 Å². The molecule has 106 valence electrons.